The van der Waals surface area contributed by atoms with Gasteiger partial charge in [-0.3, -0.25) is 9.48 Å². The molecule has 1 aromatic rings. The summed E-state index contributed by atoms with van der Waals surface area (Å²) in [6.45, 7) is 11.0. The molecule has 2 aliphatic rings. The maximum absolute atomic E-state index is 12.9. The third-order valence-corrected chi connectivity index (χ3v) is 5.22. The Morgan fingerprint density at radius 1 is 1.32 bits per heavy atom. The third-order valence-electron chi connectivity index (χ3n) is 5.22. The molecule has 3 heterocycles. The average molecular weight is 304 g/mol. The zero-order chi connectivity index (χ0) is 15.7. The van der Waals surface area contributed by atoms with Gasteiger partial charge < -0.3 is 10.2 Å². The minimum atomic E-state index is 0.161. The molecular formula is C17H28N4O. The number of carbonyl (C=O) groups is 1. The van der Waals surface area contributed by atoms with Crippen molar-refractivity contribution in [1.82, 2.24) is 20.0 Å². The van der Waals surface area contributed by atoms with E-state index in [1.165, 1.54) is 0 Å². The van der Waals surface area contributed by atoms with E-state index in [1.807, 2.05) is 22.6 Å². The molecule has 3 rings (SSSR count). The van der Waals surface area contributed by atoms with Crippen LogP contribution in [-0.4, -0.2) is 46.8 Å². The zero-order valence-corrected chi connectivity index (χ0v) is 14.0. The van der Waals surface area contributed by atoms with Gasteiger partial charge >= 0.3 is 0 Å². The Morgan fingerprint density at radius 2 is 1.95 bits per heavy atom. The molecule has 0 aromatic carbocycles. The number of amides is 1. The van der Waals surface area contributed by atoms with Crippen molar-refractivity contribution < 1.29 is 4.79 Å². The number of aryl methyl sites for hydroxylation is 1. The second kappa shape index (κ2) is 6.41. The summed E-state index contributed by atoms with van der Waals surface area (Å²) in [5.41, 5.74) is 1.78. The van der Waals surface area contributed by atoms with Crippen molar-refractivity contribution in [2.75, 3.05) is 26.2 Å². The molecule has 0 spiro atoms. The number of hydrogen-bond donors (Lipinski definition) is 1. The van der Waals surface area contributed by atoms with Crippen LogP contribution in [-0.2, 0) is 6.54 Å². The van der Waals surface area contributed by atoms with E-state index in [4.69, 9.17) is 0 Å². The van der Waals surface area contributed by atoms with Gasteiger partial charge in [0.25, 0.3) is 5.91 Å². The molecule has 0 radical (unpaired) electrons. The Morgan fingerprint density at radius 3 is 2.50 bits per heavy atom. The van der Waals surface area contributed by atoms with Crippen molar-refractivity contribution >= 4 is 5.91 Å². The largest absolute Gasteiger partial charge is 0.337 e. The normalized spacial score (nSPS) is 25.4. The van der Waals surface area contributed by atoms with Gasteiger partial charge in [-0.2, -0.15) is 5.10 Å². The van der Waals surface area contributed by atoms with Gasteiger partial charge in [0.1, 0.15) is 5.69 Å². The highest BCUT2D eigenvalue weighted by Gasteiger charge is 2.32. The van der Waals surface area contributed by atoms with E-state index in [0.717, 1.165) is 68.8 Å². The van der Waals surface area contributed by atoms with Gasteiger partial charge in [-0.1, -0.05) is 13.8 Å². The molecule has 22 heavy (non-hydrogen) atoms. The number of rotatable bonds is 3. The monoisotopic (exact) mass is 304 g/mol. The third kappa shape index (κ3) is 2.91. The summed E-state index contributed by atoms with van der Waals surface area (Å²) in [5, 5.41) is 8.07. The summed E-state index contributed by atoms with van der Waals surface area (Å²) in [7, 11) is 0. The van der Waals surface area contributed by atoms with Crippen LogP contribution in [0.1, 0.15) is 55.7 Å². The van der Waals surface area contributed by atoms with Gasteiger partial charge in [-0.15, -0.1) is 0 Å². The number of likely N-dealkylation sites (tertiary alicyclic amines) is 1. The molecule has 1 N–H and O–H groups in total. The Bertz CT molecular complexity index is 523. The molecule has 0 aliphatic carbocycles. The maximum Gasteiger partial charge on any atom is 0.272 e. The molecule has 1 aromatic heterocycles. The van der Waals surface area contributed by atoms with E-state index >= 15 is 0 Å². The van der Waals surface area contributed by atoms with Crippen LogP contribution in [0.3, 0.4) is 0 Å². The van der Waals surface area contributed by atoms with Gasteiger partial charge in [0.15, 0.2) is 0 Å². The van der Waals surface area contributed by atoms with Crippen LogP contribution in [0.5, 0.6) is 0 Å². The quantitative estimate of drug-likeness (QED) is 0.930. The topological polar surface area (TPSA) is 50.2 Å². The van der Waals surface area contributed by atoms with Gasteiger partial charge in [0, 0.05) is 19.6 Å². The van der Waals surface area contributed by atoms with Crippen LogP contribution in [0.2, 0.25) is 0 Å². The smallest absolute Gasteiger partial charge is 0.272 e. The van der Waals surface area contributed by atoms with Gasteiger partial charge in [-0.25, -0.2) is 0 Å². The van der Waals surface area contributed by atoms with Crippen molar-refractivity contribution in [3.63, 3.8) is 0 Å². The summed E-state index contributed by atoms with van der Waals surface area (Å²) in [4.78, 5) is 15.0. The van der Waals surface area contributed by atoms with Crippen molar-refractivity contribution in [2.45, 2.75) is 46.1 Å². The number of hydrogen-bond acceptors (Lipinski definition) is 3. The Hall–Kier alpha value is -1.36. The second-order valence-corrected chi connectivity index (χ2v) is 6.97. The zero-order valence-electron chi connectivity index (χ0n) is 14.0. The Labute approximate surface area is 133 Å². The van der Waals surface area contributed by atoms with E-state index in [2.05, 4.69) is 24.3 Å². The van der Waals surface area contributed by atoms with Crippen LogP contribution < -0.4 is 5.32 Å². The molecule has 5 heteroatoms. The first-order valence-corrected chi connectivity index (χ1v) is 8.67. The summed E-state index contributed by atoms with van der Waals surface area (Å²) >= 11 is 0. The lowest BCUT2D eigenvalue weighted by Crippen LogP contribution is -2.34. The minimum absolute atomic E-state index is 0.161. The average Bonchev–Trinajstić information content (AvgIpc) is 3.09. The summed E-state index contributed by atoms with van der Waals surface area (Å²) < 4.78 is 1.87. The maximum atomic E-state index is 12.9. The van der Waals surface area contributed by atoms with Crippen molar-refractivity contribution in [3.05, 3.63) is 17.5 Å². The van der Waals surface area contributed by atoms with Crippen molar-refractivity contribution in [3.8, 4) is 0 Å². The molecule has 0 unspecified atom stereocenters. The van der Waals surface area contributed by atoms with E-state index in [9.17, 15) is 4.79 Å². The number of nitrogens with one attached hydrogen (secondary N) is 1. The van der Waals surface area contributed by atoms with Gasteiger partial charge in [0.2, 0.25) is 0 Å². The van der Waals surface area contributed by atoms with Gasteiger partial charge in [-0.05, 0) is 56.7 Å². The SMILES string of the molecule is CCn1nc(C(C)C)cc1C(=O)N1CC[C@@H]2CNC[C@@H]2CC1. The first-order chi connectivity index (χ1) is 10.6. The Kier molecular flexibility index (Phi) is 4.52. The summed E-state index contributed by atoms with van der Waals surface area (Å²) in [6, 6.07) is 1.99. The first-order valence-electron chi connectivity index (χ1n) is 8.67. The predicted octanol–water partition coefficient (Wildman–Crippen LogP) is 2.10. The van der Waals surface area contributed by atoms with Crippen LogP contribution in [0.25, 0.3) is 0 Å². The first kappa shape index (κ1) is 15.5. The minimum Gasteiger partial charge on any atom is -0.337 e. The van der Waals surface area contributed by atoms with Gasteiger partial charge in [0.05, 0.1) is 5.69 Å². The standard InChI is InChI=1S/C17H28N4O/c1-4-21-16(9-15(19-21)12(2)3)17(22)20-7-5-13-10-18-11-14(13)6-8-20/h9,12-14,18H,4-8,10-11H2,1-3H3/t13-,14+. The van der Waals surface area contributed by atoms with E-state index in [1.54, 1.807) is 0 Å². The molecule has 2 aliphatic heterocycles. The lowest BCUT2D eigenvalue weighted by molar-refractivity contribution is 0.0746. The molecule has 0 bridgehead atoms. The molecule has 122 valence electrons. The van der Waals surface area contributed by atoms with E-state index in [-0.39, 0.29) is 5.91 Å². The van der Waals surface area contributed by atoms with E-state index in [0.29, 0.717) is 5.92 Å². The predicted molar refractivity (Wildman–Crippen MR) is 87.0 cm³/mol. The van der Waals surface area contributed by atoms with E-state index < -0.39 is 0 Å². The van der Waals surface area contributed by atoms with Crippen LogP contribution >= 0.6 is 0 Å². The fourth-order valence-electron chi connectivity index (χ4n) is 3.72. The Balaban J connectivity index is 1.76. The molecule has 0 saturated carbocycles. The van der Waals surface area contributed by atoms with Crippen molar-refractivity contribution in [1.29, 1.82) is 0 Å². The number of aromatic nitrogens is 2. The molecule has 2 fully saturated rings. The van der Waals surface area contributed by atoms with Crippen LogP contribution in [0.4, 0.5) is 0 Å². The molecular weight excluding hydrogens is 276 g/mol. The van der Waals surface area contributed by atoms with Crippen LogP contribution in [0, 0.1) is 11.8 Å². The number of fused-ring (bicyclic) bond motifs is 1. The summed E-state index contributed by atoms with van der Waals surface area (Å²) in [5.74, 6) is 2.02. The molecule has 5 nitrogen and oxygen atoms in total. The number of carbonyl (C=O) groups excluding carboxylic acids is 1. The lowest BCUT2D eigenvalue weighted by Gasteiger charge is -2.21. The molecule has 1 amide bonds. The highest BCUT2D eigenvalue weighted by molar-refractivity contribution is 5.92. The lowest BCUT2D eigenvalue weighted by atomic mass is 9.92. The highest BCUT2D eigenvalue weighted by atomic mass is 16.2. The number of nitrogens with zero attached hydrogens (tertiary/aromatic N) is 3. The second-order valence-electron chi connectivity index (χ2n) is 6.97. The van der Waals surface area contributed by atoms with Crippen molar-refractivity contribution in [2.24, 2.45) is 11.8 Å². The molecule has 2 saturated heterocycles. The fraction of sp³-hybridized carbons (Fsp3) is 0.765. The fourth-order valence-corrected chi connectivity index (χ4v) is 3.72. The highest BCUT2D eigenvalue weighted by Crippen LogP contribution is 2.28. The van der Waals surface area contributed by atoms with Crippen LogP contribution in [0.15, 0.2) is 6.07 Å². The molecule has 2 atom stereocenters. The summed E-state index contributed by atoms with van der Waals surface area (Å²) in [6.07, 6.45) is 2.25.